The van der Waals surface area contributed by atoms with Gasteiger partial charge in [-0.1, -0.05) is 12.1 Å². The molecule has 0 aromatic heterocycles. The molecular formula is C20H25N3O3. The first-order valence-corrected chi connectivity index (χ1v) is 8.52. The summed E-state index contributed by atoms with van der Waals surface area (Å²) < 4.78 is 5.55. The highest BCUT2D eigenvalue weighted by Crippen LogP contribution is 2.14. The smallest absolute Gasteiger partial charge is 0.271 e. The molecule has 0 aliphatic heterocycles. The molecule has 6 heteroatoms. The van der Waals surface area contributed by atoms with Gasteiger partial charge in [-0.05, 0) is 55.8 Å². The average molecular weight is 355 g/mol. The zero-order valence-corrected chi connectivity index (χ0v) is 15.3. The molecule has 0 atom stereocenters. The molecule has 2 aromatic rings. The van der Waals surface area contributed by atoms with Crippen LogP contribution in [-0.4, -0.2) is 43.5 Å². The fourth-order valence-electron chi connectivity index (χ4n) is 2.28. The van der Waals surface area contributed by atoms with Crippen molar-refractivity contribution >= 4 is 17.8 Å². The van der Waals surface area contributed by atoms with E-state index in [1.165, 1.54) is 0 Å². The van der Waals surface area contributed by atoms with Gasteiger partial charge in [0.05, 0.1) is 18.9 Å². The highest BCUT2D eigenvalue weighted by atomic mass is 16.5. The average Bonchev–Trinajstić information content (AvgIpc) is 2.62. The standard InChI is InChI=1S/C20H25N3O3/c1-15(2)26-19-10-6-17(7-11-19)20(25)22-21-14-16-4-8-18(9-5-16)23(3)12-13-24/h4-11,14-15,24H,12-13H2,1-3H3,(H,22,25)/b21-14-. The summed E-state index contributed by atoms with van der Waals surface area (Å²) in [5.41, 5.74) is 4.90. The maximum atomic E-state index is 12.1. The number of hydrogen-bond acceptors (Lipinski definition) is 5. The molecule has 0 aliphatic carbocycles. The van der Waals surface area contributed by atoms with E-state index >= 15 is 0 Å². The summed E-state index contributed by atoms with van der Waals surface area (Å²) in [6.07, 6.45) is 1.68. The van der Waals surface area contributed by atoms with E-state index in [2.05, 4.69) is 10.5 Å². The maximum Gasteiger partial charge on any atom is 0.271 e. The van der Waals surface area contributed by atoms with Crippen LogP contribution in [0.5, 0.6) is 5.75 Å². The van der Waals surface area contributed by atoms with E-state index in [9.17, 15) is 4.79 Å². The normalized spacial score (nSPS) is 11.0. The predicted molar refractivity (Wildman–Crippen MR) is 104 cm³/mol. The minimum Gasteiger partial charge on any atom is -0.491 e. The Morgan fingerprint density at radius 3 is 2.42 bits per heavy atom. The van der Waals surface area contributed by atoms with Crippen LogP contribution in [0.4, 0.5) is 5.69 Å². The summed E-state index contributed by atoms with van der Waals surface area (Å²) in [7, 11) is 1.91. The second-order valence-electron chi connectivity index (χ2n) is 6.13. The molecule has 0 unspecified atom stereocenters. The molecule has 0 aliphatic rings. The molecule has 0 bridgehead atoms. The zero-order chi connectivity index (χ0) is 18.9. The molecule has 0 fully saturated rings. The first-order valence-electron chi connectivity index (χ1n) is 8.52. The molecule has 6 nitrogen and oxygen atoms in total. The minimum absolute atomic E-state index is 0.0918. The van der Waals surface area contributed by atoms with Crippen LogP contribution < -0.4 is 15.1 Å². The number of ether oxygens (including phenoxy) is 1. The van der Waals surface area contributed by atoms with Gasteiger partial charge in [-0.25, -0.2) is 5.43 Å². The molecule has 2 rings (SSSR count). The number of aliphatic hydroxyl groups excluding tert-OH is 1. The Morgan fingerprint density at radius 1 is 1.19 bits per heavy atom. The highest BCUT2D eigenvalue weighted by molar-refractivity contribution is 5.95. The van der Waals surface area contributed by atoms with Crippen molar-refractivity contribution in [2.75, 3.05) is 25.1 Å². The van der Waals surface area contributed by atoms with E-state index in [1.807, 2.05) is 50.1 Å². The summed E-state index contributed by atoms with van der Waals surface area (Å²) in [5, 5.41) is 12.9. The van der Waals surface area contributed by atoms with Crippen LogP contribution >= 0.6 is 0 Å². The Bertz CT molecular complexity index is 725. The number of nitrogens with one attached hydrogen (secondary N) is 1. The third-order valence-electron chi connectivity index (χ3n) is 3.64. The molecular weight excluding hydrogens is 330 g/mol. The molecule has 2 aromatic carbocycles. The first-order chi connectivity index (χ1) is 12.5. The largest absolute Gasteiger partial charge is 0.491 e. The second kappa shape index (κ2) is 9.58. The molecule has 1 amide bonds. The minimum atomic E-state index is -0.281. The van der Waals surface area contributed by atoms with Crippen molar-refractivity contribution in [3.05, 3.63) is 59.7 Å². The van der Waals surface area contributed by atoms with Crippen LogP contribution in [0.2, 0.25) is 0 Å². The molecule has 0 radical (unpaired) electrons. The molecule has 2 N–H and O–H groups in total. The van der Waals surface area contributed by atoms with Crippen molar-refractivity contribution < 1.29 is 14.6 Å². The number of carbonyl (C=O) groups is 1. The Hall–Kier alpha value is -2.86. The van der Waals surface area contributed by atoms with E-state index in [1.54, 1.807) is 30.5 Å². The second-order valence-corrected chi connectivity index (χ2v) is 6.13. The molecule has 26 heavy (non-hydrogen) atoms. The highest BCUT2D eigenvalue weighted by Gasteiger charge is 2.05. The first kappa shape index (κ1) is 19.5. The molecule has 0 saturated carbocycles. The van der Waals surface area contributed by atoms with Gasteiger partial charge in [0.25, 0.3) is 5.91 Å². The lowest BCUT2D eigenvalue weighted by Crippen LogP contribution is -2.20. The molecule has 0 saturated heterocycles. The number of benzene rings is 2. The number of carbonyl (C=O) groups excluding carboxylic acids is 1. The van der Waals surface area contributed by atoms with Crippen molar-refractivity contribution in [1.82, 2.24) is 5.43 Å². The van der Waals surface area contributed by atoms with Crippen LogP contribution in [0.25, 0.3) is 0 Å². The van der Waals surface area contributed by atoms with E-state index in [0.29, 0.717) is 12.1 Å². The van der Waals surface area contributed by atoms with E-state index in [-0.39, 0.29) is 18.6 Å². The SMILES string of the molecule is CC(C)Oc1ccc(C(=O)N/N=C\c2ccc(N(C)CCO)cc2)cc1. The monoisotopic (exact) mass is 355 g/mol. The fraction of sp³-hybridized carbons (Fsp3) is 0.300. The van der Waals surface area contributed by atoms with Gasteiger partial charge in [0.1, 0.15) is 5.75 Å². The summed E-state index contributed by atoms with van der Waals surface area (Å²) in [6, 6.07) is 14.6. The van der Waals surface area contributed by atoms with Crippen molar-refractivity contribution in [3.63, 3.8) is 0 Å². The van der Waals surface area contributed by atoms with Crippen molar-refractivity contribution in [3.8, 4) is 5.75 Å². The number of anilines is 1. The predicted octanol–water partition coefficient (Wildman–Crippen LogP) is 2.67. The van der Waals surface area contributed by atoms with E-state index in [0.717, 1.165) is 17.0 Å². The fourth-order valence-corrected chi connectivity index (χ4v) is 2.28. The van der Waals surface area contributed by atoms with Crippen molar-refractivity contribution in [2.24, 2.45) is 5.10 Å². The van der Waals surface area contributed by atoms with Crippen LogP contribution in [0.1, 0.15) is 29.8 Å². The van der Waals surface area contributed by atoms with E-state index < -0.39 is 0 Å². The molecule has 138 valence electrons. The number of amides is 1. The lowest BCUT2D eigenvalue weighted by molar-refractivity contribution is 0.0955. The van der Waals surface area contributed by atoms with Gasteiger partial charge in [0.15, 0.2) is 0 Å². The third-order valence-corrected chi connectivity index (χ3v) is 3.64. The number of rotatable bonds is 8. The van der Waals surface area contributed by atoms with Crippen LogP contribution in [-0.2, 0) is 0 Å². The maximum absolute atomic E-state index is 12.1. The van der Waals surface area contributed by atoms with Gasteiger partial charge < -0.3 is 14.7 Å². The van der Waals surface area contributed by atoms with Crippen LogP contribution in [0.3, 0.4) is 0 Å². The number of likely N-dealkylation sites (N-methyl/N-ethyl adjacent to an activating group) is 1. The van der Waals surface area contributed by atoms with Gasteiger partial charge in [-0.2, -0.15) is 5.10 Å². The third kappa shape index (κ3) is 5.89. The van der Waals surface area contributed by atoms with Gasteiger partial charge in [0.2, 0.25) is 0 Å². The summed E-state index contributed by atoms with van der Waals surface area (Å²) in [6.45, 7) is 4.58. The lowest BCUT2D eigenvalue weighted by Gasteiger charge is -2.17. The molecule has 0 heterocycles. The Labute approximate surface area is 154 Å². The Kier molecular flexibility index (Phi) is 7.17. The van der Waals surface area contributed by atoms with E-state index in [4.69, 9.17) is 9.84 Å². The van der Waals surface area contributed by atoms with Gasteiger partial charge in [-0.15, -0.1) is 0 Å². The number of hydrogen-bond donors (Lipinski definition) is 2. The van der Waals surface area contributed by atoms with Crippen molar-refractivity contribution in [2.45, 2.75) is 20.0 Å². The summed E-state index contributed by atoms with van der Waals surface area (Å²) in [4.78, 5) is 14.0. The summed E-state index contributed by atoms with van der Waals surface area (Å²) in [5.74, 6) is 0.447. The van der Waals surface area contributed by atoms with Gasteiger partial charge in [-0.3, -0.25) is 4.79 Å². The van der Waals surface area contributed by atoms with Crippen molar-refractivity contribution in [1.29, 1.82) is 0 Å². The molecule has 0 spiro atoms. The van der Waals surface area contributed by atoms with Crippen LogP contribution in [0, 0.1) is 0 Å². The zero-order valence-electron chi connectivity index (χ0n) is 15.3. The quantitative estimate of drug-likeness (QED) is 0.564. The number of aliphatic hydroxyl groups is 1. The van der Waals surface area contributed by atoms with Gasteiger partial charge in [0, 0.05) is 24.8 Å². The number of hydrazone groups is 1. The summed E-state index contributed by atoms with van der Waals surface area (Å²) >= 11 is 0. The Balaban J connectivity index is 1.90. The van der Waals surface area contributed by atoms with Crippen LogP contribution in [0.15, 0.2) is 53.6 Å². The Morgan fingerprint density at radius 2 is 1.85 bits per heavy atom. The topological polar surface area (TPSA) is 74.2 Å². The lowest BCUT2D eigenvalue weighted by atomic mass is 10.2. The number of nitrogens with zero attached hydrogens (tertiary/aromatic N) is 2. The van der Waals surface area contributed by atoms with Gasteiger partial charge >= 0.3 is 0 Å².